The number of rotatable bonds is 7. The van der Waals surface area contributed by atoms with Gasteiger partial charge in [-0.1, -0.05) is 27.7 Å². The summed E-state index contributed by atoms with van der Waals surface area (Å²) < 4.78 is 5.09. The van der Waals surface area contributed by atoms with E-state index in [2.05, 4.69) is 63.7 Å². The predicted molar refractivity (Wildman–Crippen MR) is 97.8 cm³/mol. The van der Waals surface area contributed by atoms with Crippen LogP contribution < -0.4 is 5.32 Å². The van der Waals surface area contributed by atoms with E-state index in [1.54, 1.807) is 7.11 Å². The SMILES string of the molecule is CCCN1CC(=O)NC(C(C)C)C1.CCN(C)C(C)(C)COC. The van der Waals surface area contributed by atoms with Crippen molar-refractivity contribution in [1.82, 2.24) is 15.1 Å². The van der Waals surface area contributed by atoms with Gasteiger partial charge in [-0.15, -0.1) is 0 Å². The zero-order valence-corrected chi connectivity index (χ0v) is 16.6. The highest BCUT2D eigenvalue weighted by Crippen LogP contribution is 2.11. The average molecular weight is 330 g/mol. The van der Waals surface area contributed by atoms with Crippen LogP contribution in [0.3, 0.4) is 0 Å². The Bertz CT molecular complexity index is 332. The van der Waals surface area contributed by atoms with Gasteiger partial charge in [0.25, 0.3) is 0 Å². The molecule has 1 atom stereocenters. The number of piperazine rings is 1. The normalized spacial score (nSPS) is 19.6. The molecule has 138 valence electrons. The first-order valence-electron chi connectivity index (χ1n) is 8.89. The minimum atomic E-state index is 0.170. The number of nitrogens with zero attached hydrogens (tertiary/aromatic N) is 2. The zero-order valence-electron chi connectivity index (χ0n) is 16.6. The molecular formula is C18H39N3O2. The molecule has 0 aromatic heterocycles. The summed E-state index contributed by atoms with van der Waals surface area (Å²) >= 11 is 0. The third-order valence-electron chi connectivity index (χ3n) is 4.52. The molecule has 1 aliphatic heterocycles. The van der Waals surface area contributed by atoms with Gasteiger partial charge in [0, 0.05) is 25.2 Å². The van der Waals surface area contributed by atoms with Gasteiger partial charge in [-0.05, 0) is 46.3 Å². The van der Waals surface area contributed by atoms with Crippen LogP contribution in [0.5, 0.6) is 0 Å². The predicted octanol–water partition coefficient (Wildman–Crippen LogP) is 2.22. The van der Waals surface area contributed by atoms with Crippen molar-refractivity contribution in [2.45, 2.75) is 59.5 Å². The van der Waals surface area contributed by atoms with Gasteiger partial charge in [0.1, 0.15) is 0 Å². The number of ether oxygens (including phenoxy) is 1. The second-order valence-electron chi connectivity index (χ2n) is 7.41. The lowest BCUT2D eigenvalue weighted by Crippen LogP contribution is -2.56. The van der Waals surface area contributed by atoms with E-state index in [4.69, 9.17) is 4.74 Å². The Kier molecular flexibility index (Phi) is 10.7. The van der Waals surface area contributed by atoms with Crippen LogP contribution in [0.4, 0.5) is 0 Å². The lowest BCUT2D eigenvalue weighted by Gasteiger charge is -2.34. The summed E-state index contributed by atoms with van der Waals surface area (Å²) in [6, 6.07) is 0.341. The van der Waals surface area contributed by atoms with Crippen LogP contribution in [0.2, 0.25) is 0 Å². The minimum Gasteiger partial charge on any atom is -0.383 e. The van der Waals surface area contributed by atoms with Crippen molar-refractivity contribution in [1.29, 1.82) is 0 Å². The number of carbonyl (C=O) groups excluding carboxylic acids is 1. The van der Waals surface area contributed by atoms with E-state index < -0.39 is 0 Å². The van der Waals surface area contributed by atoms with Crippen molar-refractivity contribution in [2.75, 3.05) is 46.9 Å². The van der Waals surface area contributed by atoms with Crippen LogP contribution in [0.1, 0.15) is 48.0 Å². The standard InChI is InChI=1S/C10H20N2O.C8H19NO/c1-4-5-12-6-9(8(2)3)11-10(13)7-12;1-6-9(4)8(2,3)7-10-5/h8-9H,4-7H2,1-3H3,(H,11,13);6-7H2,1-5H3. The van der Waals surface area contributed by atoms with Gasteiger partial charge in [0.2, 0.25) is 5.91 Å². The van der Waals surface area contributed by atoms with Crippen molar-refractivity contribution < 1.29 is 9.53 Å². The van der Waals surface area contributed by atoms with Crippen molar-refractivity contribution in [2.24, 2.45) is 5.92 Å². The van der Waals surface area contributed by atoms with Gasteiger partial charge < -0.3 is 10.1 Å². The minimum absolute atomic E-state index is 0.170. The van der Waals surface area contributed by atoms with E-state index in [1.807, 2.05) is 0 Å². The fourth-order valence-electron chi connectivity index (χ4n) is 2.60. The highest BCUT2D eigenvalue weighted by molar-refractivity contribution is 5.79. The van der Waals surface area contributed by atoms with E-state index in [1.165, 1.54) is 0 Å². The first kappa shape index (κ1) is 22.4. The lowest BCUT2D eigenvalue weighted by molar-refractivity contribution is -0.126. The Morgan fingerprint density at radius 3 is 2.43 bits per heavy atom. The van der Waals surface area contributed by atoms with Crippen LogP contribution in [0.25, 0.3) is 0 Å². The van der Waals surface area contributed by atoms with Crippen molar-refractivity contribution in [3.8, 4) is 0 Å². The number of hydrogen-bond donors (Lipinski definition) is 1. The molecule has 1 N–H and O–H groups in total. The molecule has 1 fully saturated rings. The molecule has 23 heavy (non-hydrogen) atoms. The molecule has 1 rings (SSSR count). The number of hydrogen-bond acceptors (Lipinski definition) is 4. The third-order valence-corrected chi connectivity index (χ3v) is 4.52. The molecule has 0 aromatic carbocycles. The van der Waals surface area contributed by atoms with E-state index in [0.717, 1.165) is 32.7 Å². The van der Waals surface area contributed by atoms with Gasteiger partial charge in [0.15, 0.2) is 0 Å². The number of likely N-dealkylation sites (N-methyl/N-ethyl adjacent to an activating group) is 1. The summed E-state index contributed by atoms with van der Waals surface area (Å²) in [6.45, 7) is 17.5. The molecule has 1 amide bonds. The maximum atomic E-state index is 11.3. The van der Waals surface area contributed by atoms with Gasteiger partial charge >= 0.3 is 0 Å². The second-order valence-corrected chi connectivity index (χ2v) is 7.41. The fraction of sp³-hybridized carbons (Fsp3) is 0.944. The number of carbonyl (C=O) groups is 1. The first-order valence-corrected chi connectivity index (χ1v) is 8.89. The van der Waals surface area contributed by atoms with Crippen LogP contribution >= 0.6 is 0 Å². The summed E-state index contributed by atoms with van der Waals surface area (Å²) in [4.78, 5) is 15.8. The van der Waals surface area contributed by atoms with Crippen molar-refractivity contribution in [3.63, 3.8) is 0 Å². The topological polar surface area (TPSA) is 44.8 Å². The summed E-state index contributed by atoms with van der Waals surface area (Å²) in [5.74, 6) is 0.710. The zero-order chi connectivity index (χ0) is 18.0. The smallest absolute Gasteiger partial charge is 0.234 e. The molecule has 1 unspecified atom stereocenters. The Labute approximate surface area is 143 Å². The monoisotopic (exact) mass is 329 g/mol. The molecule has 0 aromatic rings. The van der Waals surface area contributed by atoms with Crippen molar-refractivity contribution in [3.05, 3.63) is 0 Å². The summed E-state index contributed by atoms with van der Waals surface area (Å²) in [7, 11) is 3.85. The third kappa shape index (κ3) is 8.68. The van der Waals surface area contributed by atoms with Gasteiger partial charge in [-0.25, -0.2) is 0 Å². The molecule has 1 saturated heterocycles. The van der Waals surface area contributed by atoms with E-state index >= 15 is 0 Å². The van der Waals surface area contributed by atoms with Crippen LogP contribution in [0.15, 0.2) is 0 Å². The molecule has 0 bridgehead atoms. The van der Waals surface area contributed by atoms with Crippen LogP contribution in [-0.4, -0.2) is 74.2 Å². The maximum absolute atomic E-state index is 11.3. The molecule has 5 heteroatoms. The molecule has 5 nitrogen and oxygen atoms in total. The summed E-state index contributed by atoms with van der Waals surface area (Å²) in [5.41, 5.74) is 0.170. The Morgan fingerprint density at radius 2 is 2.00 bits per heavy atom. The highest BCUT2D eigenvalue weighted by Gasteiger charge is 2.25. The number of nitrogens with one attached hydrogen (secondary N) is 1. The van der Waals surface area contributed by atoms with Gasteiger partial charge in [0.05, 0.1) is 13.2 Å². The highest BCUT2D eigenvalue weighted by atomic mass is 16.5. The molecule has 0 saturated carbocycles. The fourth-order valence-corrected chi connectivity index (χ4v) is 2.60. The van der Waals surface area contributed by atoms with Crippen LogP contribution in [0, 0.1) is 5.92 Å². The maximum Gasteiger partial charge on any atom is 0.234 e. The molecule has 0 spiro atoms. The molecular weight excluding hydrogens is 290 g/mol. The van der Waals surface area contributed by atoms with Gasteiger partial charge in [-0.2, -0.15) is 0 Å². The quantitative estimate of drug-likeness (QED) is 0.778. The van der Waals surface area contributed by atoms with E-state index in [-0.39, 0.29) is 11.4 Å². The Hall–Kier alpha value is -0.650. The van der Waals surface area contributed by atoms with Gasteiger partial charge in [-0.3, -0.25) is 14.6 Å². The largest absolute Gasteiger partial charge is 0.383 e. The molecule has 0 aliphatic carbocycles. The van der Waals surface area contributed by atoms with Crippen LogP contribution in [-0.2, 0) is 9.53 Å². The van der Waals surface area contributed by atoms with Crippen molar-refractivity contribution >= 4 is 5.91 Å². The lowest BCUT2D eigenvalue weighted by atomic mass is 10.0. The first-order chi connectivity index (χ1) is 10.7. The molecule has 1 aliphatic rings. The average Bonchev–Trinajstić information content (AvgIpc) is 2.46. The van der Waals surface area contributed by atoms with E-state index in [9.17, 15) is 4.79 Å². The second kappa shape index (κ2) is 11.0. The number of amides is 1. The summed E-state index contributed by atoms with van der Waals surface area (Å²) in [5, 5.41) is 3.02. The van der Waals surface area contributed by atoms with E-state index in [0.29, 0.717) is 18.5 Å². The summed E-state index contributed by atoms with van der Waals surface area (Å²) in [6.07, 6.45) is 1.12. The Morgan fingerprint density at radius 1 is 1.39 bits per heavy atom. The molecule has 0 radical (unpaired) electrons. The number of methoxy groups -OCH3 is 1. The Balaban J connectivity index is 0.000000438. The molecule has 1 heterocycles.